The molecule has 4 heteroatoms. The third-order valence-electron chi connectivity index (χ3n) is 2.55. The van der Waals surface area contributed by atoms with Crippen LogP contribution in [0.25, 0.3) is 10.2 Å². The molecule has 0 saturated carbocycles. The average Bonchev–Trinajstić information content (AvgIpc) is 2.57. The number of fused-ring (bicyclic) bond motifs is 1. The number of nitrogens with one attached hydrogen (secondary N) is 1. The third-order valence-corrected chi connectivity index (χ3v) is 3.49. The molecular formula is C13H17FN2S. The predicted octanol–water partition coefficient (Wildman–Crippen LogP) is 4.28. The zero-order valence-electron chi connectivity index (χ0n) is 10.3. The number of hydrogen-bond donors (Lipinski definition) is 1. The molecule has 0 aliphatic heterocycles. The van der Waals surface area contributed by atoms with E-state index >= 15 is 0 Å². The lowest BCUT2D eigenvalue weighted by molar-refractivity contribution is 0.539. The highest BCUT2D eigenvalue weighted by Gasteiger charge is 2.09. The normalized spacial score (nSPS) is 13.2. The molecule has 1 aromatic carbocycles. The molecule has 1 unspecified atom stereocenters. The van der Waals surface area contributed by atoms with E-state index in [2.05, 4.69) is 31.1 Å². The summed E-state index contributed by atoms with van der Waals surface area (Å²) in [5.74, 6) is 0.451. The van der Waals surface area contributed by atoms with Gasteiger partial charge in [0.05, 0.1) is 10.2 Å². The molecule has 17 heavy (non-hydrogen) atoms. The molecule has 0 radical (unpaired) electrons. The summed E-state index contributed by atoms with van der Waals surface area (Å²) in [5.41, 5.74) is 0.857. The molecule has 2 rings (SSSR count). The number of rotatable bonds is 4. The third kappa shape index (κ3) is 3.16. The molecule has 0 aliphatic carbocycles. The molecule has 0 bridgehead atoms. The molecule has 0 amide bonds. The minimum atomic E-state index is -0.206. The molecule has 1 atom stereocenters. The lowest BCUT2D eigenvalue weighted by atomic mass is 10.1. The number of anilines is 1. The van der Waals surface area contributed by atoms with Gasteiger partial charge in [0.25, 0.3) is 0 Å². The highest BCUT2D eigenvalue weighted by molar-refractivity contribution is 7.22. The van der Waals surface area contributed by atoms with Gasteiger partial charge in [0.2, 0.25) is 0 Å². The number of halogens is 1. The van der Waals surface area contributed by atoms with Crippen LogP contribution in [-0.2, 0) is 0 Å². The Hall–Kier alpha value is -1.16. The maximum Gasteiger partial charge on any atom is 0.184 e. The maximum absolute atomic E-state index is 13.0. The van der Waals surface area contributed by atoms with Crippen molar-refractivity contribution in [3.63, 3.8) is 0 Å². The molecule has 1 heterocycles. The van der Waals surface area contributed by atoms with Crippen molar-refractivity contribution in [1.82, 2.24) is 4.98 Å². The van der Waals surface area contributed by atoms with E-state index in [4.69, 9.17) is 0 Å². The molecule has 2 aromatic rings. The molecular weight excluding hydrogens is 235 g/mol. The summed E-state index contributed by atoms with van der Waals surface area (Å²) in [6.45, 7) is 6.55. The first-order valence-electron chi connectivity index (χ1n) is 5.87. The van der Waals surface area contributed by atoms with Gasteiger partial charge in [-0.2, -0.15) is 0 Å². The van der Waals surface area contributed by atoms with Crippen LogP contribution in [0.5, 0.6) is 0 Å². The zero-order valence-corrected chi connectivity index (χ0v) is 11.1. The molecule has 0 saturated heterocycles. The molecule has 2 nitrogen and oxygen atoms in total. The van der Waals surface area contributed by atoms with Gasteiger partial charge in [0.15, 0.2) is 5.13 Å². The van der Waals surface area contributed by atoms with Gasteiger partial charge in [-0.3, -0.25) is 0 Å². The second-order valence-electron chi connectivity index (χ2n) is 4.81. The Balaban J connectivity index is 2.14. The largest absolute Gasteiger partial charge is 0.359 e. The Kier molecular flexibility index (Phi) is 3.62. The minimum Gasteiger partial charge on any atom is -0.359 e. The molecule has 0 aliphatic rings. The van der Waals surface area contributed by atoms with Crippen LogP contribution in [0, 0.1) is 11.7 Å². The first-order chi connectivity index (χ1) is 8.04. The summed E-state index contributed by atoms with van der Waals surface area (Å²) in [6, 6.07) is 5.09. The van der Waals surface area contributed by atoms with Crippen LogP contribution in [0.4, 0.5) is 9.52 Å². The number of thiazole rings is 1. The molecule has 1 aromatic heterocycles. The van der Waals surface area contributed by atoms with Gasteiger partial charge in [0.1, 0.15) is 5.82 Å². The summed E-state index contributed by atoms with van der Waals surface area (Å²) in [7, 11) is 0. The number of benzene rings is 1. The Labute approximate surface area is 105 Å². The Morgan fingerprint density at radius 3 is 2.82 bits per heavy atom. The maximum atomic E-state index is 13.0. The summed E-state index contributed by atoms with van der Waals surface area (Å²) in [6.07, 6.45) is 1.10. The van der Waals surface area contributed by atoms with Crippen LogP contribution in [0.2, 0.25) is 0 Å². The highest BCUT2D eigenvalue weighted by atomic mass is 32.1. The Morgan fingerprint density at radius 1 is 1.35 bits per heavy atom. The van der Waals surface area contributed by atoms with Crippen LogP contribution in [0.1, 0.15) is 27.2 Å². The fourth-order valence-corrected chi connectivity index (χ4v) is 2.94. The van der Waals surface area contributed by atoms with E-state index in [1.807, 2.05) is 0 Å². The fourth-order valence-electron chi connectivity index (χ4n) is 1.94. The highest BCUT2D eigenvalue weighted by Crippen LogP contribution is 2.27. The lowest BCUT2D eigenvalue weighted by Gasteiger charge is -2.14. The Bertz CT molecular complexity index is 507. The molecule has 0 spiro atoms. The van der Waals surface area contributed by atoms with Crippen molar-refractivity contribution in [2.75, 3.05) is 5.32 Å². The topological polar surface area (TPSA) is 24.9 Å². The Morgan fingerprint density at radius 2 is 2.12 bits per heavy atom. The van der Waals surface area contributed by atoms with E-state index < -0.39 is 0 Å². The van der Waals surface area contributed by atoms with Gasteiger partial charge in [-0.15, -0.1) is 0 Å². The smallest absolute Gasteiger partial charge is 0.184 e. The quantitative estimate of drug-likeness (QED) is 0.878. The van der Waals surface area contributed by atoms with Crippen molar-refractivity contribution in [3.05, 3.63) is 24.0 Å². The zero-order chi connectivity index (χ0) is 12.4. The van der Waals surface area contributed by atoms with E-state index in [-0.39, 0.29) is 5.82 Å². The second kappa shape index (κ2) is 5.00. The monoisotopic (exact) mass is 252 g/mol. The van der Waals surface area contributed by atoms with Crippen molar-refractivity contribution in [1.29, 1.82) is 0 Å². The number of hydrogen-bond acceptors (Lipinski definition) is 3. The average molecular weight is 252 g/mol. The minimum absolute atomic E-state index is 0.206. The summed E-state index contributed by atoms with van der Waals surface area (Å²) >= 11 is 1.50. The summed E-state index contributed by atoms with van der Waals surface area (Å²) in [5, 5.41) is 4.24. The van der Waals surface area contributed by atoms with E-state index in [1.165, 1.54) is 23.5 Å². The second-order valence-corrected chi connectivity index (χ2v) is 5.84. The standard InChI is InChI=1S/C13H17FN2S/c1-8(2)6-9(3)15-13-16-11-5-4-10(14)7-12(11)17-13/h4-5,7-9H,6H2,1-3H3,(H,15,16). The van der Waals surface area contributed by atoms with E-state index in [1.54, 1.807) is 6.07 Å². The number of nitrogens with zero attached hydrogens (tertiary/aromatic N) is 1. The molecule has 1 N–H and O–H groups in total. The van der Waals surface area contributed by atoms with Crippen LogP contribution >= 0.6 is 11.3 Å². The SMILES string of the molecule is CC(C)CC(C)Nc1nc2ccc(F)cc2s1. The predicted molar refractivity (Wildman–Crippen MR) is 72.1 cm³/mol. The van der Waals surface area contributed by atoms with Gasteiger partial charge in [0, 0.05) is 6.04 Å². The first kappa shape index (κ1) is 12.3. The number of aromatic nitrogens is 1. The van der Waals surface area contributed by atoms with Crippen molar-refractivity contribution in [3.8, 4) is 0 Å². The van der Waals surface area contributed by atoms with Gasteiger partial charge < -0.3 is 5.32 Å². The van der Waals surface area contributed by atoms with Crippen molar-refractivity contribution in [2.45, 2.75) is 33.2 Å². The van der Waals surface area contributed by atoms with Crippen LogP contribution < -0.4 is 5.32 Å². The van der Waals surface area contributed by atoms with Crippen molar-refractivity contribution >= 4 is 26.7 Å². The van der Waals surface area contributed by atoms with Crippen LogP contribution in [0.3, 0.4) is 0 Å². The van der Waals surface area contributed by atoms with Gasteiger partial charge in [-0.25, -0.2) is 9.37 Å². The van der Waals surface area contributed by atoms with Gasteiger partial charge >= 0.3 is 0 Å². The van der Waals surface area contributed by atoms with Crippen LogP contribution in [0.15, 0.2) is 18.2 Å². The van der Waals surface area contributed by atoms with E-state index in [0.29, 0.717) is 12.0 Å². The molecule has 92 valence electrons. The summed E-state index contributed by atoms with van der Waals surface area (Å²) in [4.78, 5) is 4.44. The van der Waals surface area contributed by atoms with Gasteiger partial charge in [-0.05, 0) is 37.5 Å². The van der Waals surface area contributed by atoms with Crippen molar-refractivity contribution in [2.24, 2.45) is 5.92 Å². The first-order valence-corrected chi connectivity index (χ1v) is 6.69. The van der Waals surface area contributed by atoms with E-state index in [9.17, 15) is 4.39 Å². The van der Waals surface area contributed by atoms with E-state index in [0.717, 1.165) is 21.8 Å². The van der Waals surface area contributed by atoms with Crippen LogP contribution in [-0.4, -0.2) is 11.0 Å². The molecule has 0 fully saturated rings. The summed E-state index contributed by atoms with van der Waals surface area (Å²) < 4.78 is 13.9. The van der Waals surface area contributed by atoms with Gasteiger partial charge in [-0.1, -0.05) is 25.2 Å². The lowest BCUT2D eigenvalue weighted by Crippen LogP contribution is -2.17. The fraction of sp³-hybridized carbons (Fsp3) is 0.462. The van der Waals surface area contributed by atoms with Crippen molar-refractivity contribution < 1.29 is 4.39 Å².